The molecule has 0 heterocycles. The van der Waals surface area contributed by atoms with E-state index in [1.165, 1.54) is 0 Å². The number of hydrogen-bond donors (Lipinski definition) is 2. The Hall–Kier alpha value is -4.49. The summed E-state index contributed by atoms with van der Waals surface area (Å²) in [7, 11) is 0. The lowest BCUT2D eigenvalue weighted by Gasteiger charge is -2.12. The standard InChI is InChI=1S/C28H20N2O4S/c31-25(19-11-3-1-4-12-19)29-23-17-9-7-15-21(23)27(33)35-28(34)22-16-8-10-18-24(22)30-26(32)20-13-5-2-6-14-20/h1-18H,(H,29,31)(H,30,32). The Morgan fingerprint density at radius 3 is 1.20 bits per heavy atom. The van der Waals surface area contributed by atoms with Crippen LogP contribution in [0.2, 0.25) is 0 Å². The maximum atomic E-state index is 13.0. The highest BCUT2D eigenvalue weighted by Gasteiger charge is 2.21. The van der Waals surface area contributed by atoms with Gasteiger partial charge in [-0.15, -0.1) is 0 Å². The van der Waals surface area contributed by atoms with Crippen molar-refractivity contribution in [2.75, 3.05) is 10.6 Å². The van der Waals surface area contributed by atoms with E-state index < -0.39 is 10.2 Å². The topological polar surface area (TPSA) is 92.3 Å². The number of nitrogens with one attached hydrogen (secondary N) is 2. The number of para-hydroxylation sites is 2. The smallest absolute Gasteiger partial charge is 0.255 e. The minimum Gasteiger partial charge on any atom is -0.321 e. The maximum Gasteiger partial charge on any atom is 0.255 e. The number of thioether (sulfide) groups is 1. The van der Waals surface area contributed by atoms with Crippen LogP contribution in [0.4, 0.5) is 11.4 Å². The number of carbonyl (C=O) groups is 4. The maximum absolute atomic E-state index is 13.0. The zero-order valence-electron chi connectivity index (χ0n) is 18.4. The van der Waals surface area contributed by atoms with Crippen molar-refractivity contribution < 1.29 is 19.2 Å². The molecule has 4 aromatic rings. The first-order valence-corrected chi connectivity index (χ1v) is 11.5. The summed E-state index contributed by atoms with van der Waals surface area (Å²) in [6, 6.07) is 30.2. The monoisotopic (exact) mass is 480 g/mol. The molecular weight excluding hydrogens is 460 g/mol. The summed E-state index contributed by atoms with van der Waals surface area (Å²) in [5, 5.41) is 4.42. The Balaban J connectivity index is 1.50. The number of rotatable bonds is 6. The van der Waals surface area contributed by atoms with Crippen LogP contribution < -0.4 is 10.6 Å². The van der Waals surface area contributed by atoms with Crippen molar-refractivity contribution in [3.8, 4) is 0 Å². The fraction of sp³-hybridized carbons (Fsp3) is 0. The van der Waals surface area contributed by atoms with Crippen LogP contribution in [0.25, 0.3) is 0 Å². The zero-order chi connectivity index (χ0) is 24.6. The molecule has 0 unspecified atom stereocenters. The largest absolute Gasteiger partial charge is 0.321 e. The molecule has 0 fully saturated rings. The fourth-order valence-corrected chi connectivity index (χ4v) is 4.05. The van der Waals surface area contributed by atoms with Gasteiger partial charge in [-0.05, 0) is 60.3 Å². The molecule has 0 atom stereocenters. The number of hydrogen-bond acceptors (Lipinski definition) is 5. The molecule has 0 aliphatic heterocycles. The quantitative estimate of drug-likeness (QED) is 0.358. The van der Waals surface area contributed by atoms with Gasteiger partial charge >= 0.3 is 0 Å². The van der Waals surface area contributed by atoms with E-state index in [0.717, 1.165) is 0 Å². The Morgan fingerprint density at radius 2 is 0.800 bits per heavy atom. The minimum atomic E-state index is -0.525. The van der Waals surface area contributed by atoms with Crippen LogP contribution in [-0.2, 0) is 0 Å². The molecule has 0 aromatic heterocycles. The molecule has 0 radical (unpaired) electrons. The molecule has 6 nitrogen and oxygen atoms in total. The van der Waals surface area contributed by atoms with Crippen molar-refractivity contribution in [1.29, 1.82) is 0 Å². The van der Waals surface area contributed by atoms with Gasteiger partial charge in [0, 0.05) is 11.1 Å². The van der Waals surface area contributed by atoms with E-state index in [0.29, 0.717) is 34.3 Å². The van der Waals surface area contributed by atoms with Crippen molar-refractivity contribution in [3.05, 3.63) is 131 Å². The zero-order valence-corrected chi connectivity index (χ0v) is 19.3. The first-order valence-electron chi connectivity index (χ1n) is 10.7. The third-order valence-electron chi connectivity index (χ3n) is 5.05. The summed E-state index contributed by atoms with van der Waals surface area (Å²) in [5.41, 5.74) is 1.89. The molecule has 0 bridgehead atoms. The molecule has 0 saturated heterocycles. The van der Waals surface area contributed by atoms with Gasteiger partial charge in [-0.1, -0.05) is 60.7 Å². The van der Waals surface area contributed by atoms with Gasteiger partial charge in [-0.25, -0.2) is 0 Å². The molecule has 0 spiro atoms. The van der Waals surface area contributed by atoms with Gasteiger partial charge in [0.25, 0.3) is 11.8 Å². The molecule has 0 aliphatic rings. The molecule has 172 valence electrons. The second kappa shape index (κ2) is 11.1. The minimum absolute atomic E-state index is 0.195. The van der Waals surface area contributed by atoms with Crippen molar-refractivity contribution in [2.24, 2.45) is 0 Å². The second-order valence-electron chi connectivity index (χ2n) is 7.41. The third kappa shape index (κ3) is 5.90. The van der Waals surface area contributed by atoms with E-state index in [9.17, 15) is 19.2 Å². The van der Waals surface area contributed by atoms with E-state index in [1.54, 1.807) is 109 Å². The van der Waals surface area contributed by atoms with Crippen molar-refractivity contribution in [1.82, 2.24) is 0 Å². The second-order valence-corrected chi connectivity index (χ2v) is 8.35. The number of carbonyl (C=O) groups excluding carboxylic acids is 4. The Morgan fingerprint density at radius 1 is 0.457 bits per heavy atom. The Bertz CT molecular complexity index is 1280. The van der Waals surface area contributed by atoms with Gasteiger partial charge in [-0.3, -0.25) is 19.2 Å². The SMILES string of the molecule is O=C(Nc1ccccc1C(=O)SC(=O)c1ccccc1NC(=O)c1ccccc1)c1ccccc1. The average Bonchev–Trinajstić information content (AvgIpc) is 2.90. The molecule has 0 saturated carbocycles. The first kappa shape index (κ1) is 23.7. The highest BCUT2D eigenvalue weighted by molar-refractivity contribution is 8.27. The van der Waals surface area contributed by atoms with E-state index in [-0.39, 0.29) is 22.9 Å². The summed E-state index contributed by atoms with van der Waals surface area (Å²) < 4.78 is 0. The summed E-state index contributed by atoms with van der Waals surface area (Å²) in [6.45, 7) is 0. The molecular formula is C28H20N2O4S. The number of benzene rings is 4. The normalized spacial score (nSPS) is 10.3. The molecule has 7 heteroatoms. The van der Waals surface area contributed by atoms with E-state index in [1.807, 2.05) is 0 Å². The van der Waals surface area contributed by atoms with Crippen LogP contribution in [-0.4, -0.2) is 22.0 Å². The van der Waals surface area contributed by atoms with Crippen LogP contribution in [0.15, 0.2) is 109 Å². The molecule has 4 rings (SSSR count). The van der Waals surface area contributed by atoms with E-state index >= 15 is 0 Å². The highest BCUT2D eigenvalue weighted by atomic mass is 32.2. The summed E-state index contributed by atoms with van der Waals surface area (Å²) in [4.78, 5) is 51.2. The van der Waals surface area contributed by atoms with E-state index in [4.69, 9.17) is 0 Å². The number of anilines is 2. The van der Waals surface area contributed by atoms with Crippen LogP contribution in [0.1, 0.15) is 41.4 Å². The van der Waals surface area contributed by atoms with Gasteiger partial charge in [-0.2, -0.15) is 0 Å². The van der Waals surface area contributed by atoms with Crippen LogP contribution in [0.3, 0.4) is 0 Å². The van der Waals surface area contributed by atoms with Crippen LogP contribution in [0.5, 0.6) is 0 Å². The lowest BCUT2D eigenvalue weighted by molar-refractivity contribution is 0.101. The van der Waals surface area contributed by atoms with Gasteiger partial charge in [0.1, 0.15) is 0 Å². The molecule has 35 heavy (non-hydrogen) atoms. The fourth-order valence-electron chi connectivity index (χ4n) is 3.30. The average molecular weight is 481 g/mol. The van der Waals surface area contributed by atoms with Gasteiger partial charge in [0.2, 0.25) is 10.2 Å². The number of amides is 2. The van der Waals surface area contributed by atoms with Gasteiger partial charge in [0.15, 0.2) is 0 Å². The lowest BCUT2D eigenvalue weighted by atomic mass is 10.1. The van der Waals surface area contributed by atoms with Crippen molar-refractivity contribution in [3.63, 3.8) is 0 Å². The summed E-state index contributed by atoms with van der Waals surface area (Å²) >= 11 is 0.499. The van der Waals surface area contributed by atoms with Gasteiger partial charge < -0.3 is 10.6 Å². The highest BCUT2D eigenvalue weighted by Crippen LogP contribution is 2.27. The Kier molecular flexibility index (Phi) is 7.50. The first-order chi connectivity index (χ1) is 17.0. The van der Waals surface area contributed by atoms with Gasteiger partial charge in [0.05, 0.1) is 22.5 Å². The predicted octanol–water partition coefficient (Wildman–Crippen LogP) is 5.91. The molecule has 4 aromatic carbocycles. The lowest BCUT2D eigenvalue weighted by Crippen LogP contribution is -2.15. The van der Waals surface area contributed by atoms with Crippen LogP contribution in [0, 0.1) is 0 Å². The Labute approximate surface area is 206 Å². The van der Waals surface area contributed by atoms with E-state index in [2.05, 4.69) is 10.6 Å². The summed E-state index contributed by atoms with van der Waals surface area (Å²) in [6.07, 6.45) is 0. The van der Waals surface area contributed by atoms with Crippen molar-refractivity contribution >= 4 is 45.2 Å². The molecule has 0 aliphatic carbocycles. The molecule has 2 N–H and O–H groups in total. The third-order valence-corrected chi connectivity index (χ3v) is 5.86. The summed E-state index contributed by atoms with van der Waals surface area (Å²) in [5.74, 6) is -0.729. The predicted molar refractivity (Wildman–Crippen MR) is 138 cm³/mol. The van der Waals surface area contributed by atoms with Crippen molar-refractivity contribution in [2.45, 2.75) is 0 Å². The van der Waals surface area contributed by atoms with Crippen LogP contribution >= 0.6 is 11.8 Å². The molecule has 2 amide bonds.